The summed E-state index contributed by atoms with van der Waals surface area (Å²) >= 11 is 5.53. The molecular formula is C16H20N4S. The van der Waals surface area contributed by atoms with E-state index in [1.165, 1.54) is 0 Å². The number of H-pyrrole nitrogens is 1. The summed E-state index contributed by atoms with van der Waals surface area (Å²) in [7, 11) is 4.19. The molecule has 21 heavy (non-hydrogen) atoms. The van der Waals surface area contributed by atoms with Crippen molar-refractivity contribution in [2.75, 3.05) is 14.1 Å². The molecule has 0 radical (unpaired) electrons. The average Bonchev–Trinajstić information content (AvgIpc) is 2.75. The zero-order valence-electron chi connectivity index (χ0n) is 12.8. The number of benzene rings is 1. The number of aromatic amines is 1. The van der Waals surface area contributed by atoms with E-state index in [0.717, 1.165) is 33.3 Å². The fraction of sp³-hybridized carbons (Fsp3) is 0.375. The van der Waals surface area contributed by atoms with Gasteiger partial charge in [-0.3, -0.25) is 4.98 Å². The SMILES string of the molecule is CN(C)C(C)(C)Cn1c(=S)[nH]c2cnc3ccccc3c21. The maximum absolute atomic E-state index is 5.53. The molecule has 0 bridgehead atoms. The molecule has 2 aromatic heterocycles. The summed E-state index contributed by atoms with van der Waals surface area (Å²) in [6.45, 7) is 5.26. The molecule has 0 fully saturated rings. The number of rotatable bonds is 3. The first-order valence-corrected chi connectivity index (χ1v) is 7.45. The van der Waals surface area contributed by atoms with Gasteiger partial charge in [0.1, 0.15) is 0 Å². The van der Waals surface area contributed by atoms with E-state index in [-0.39, 0.29) is 5.54 Å². The number of nitrogens with zero attached hydrogens (tertiary/aromatic N) is 3. The molecule has 0 aliphatic heterocycles. The van der Waals surface area contributed by atoms with Crippen LogP contribution in [-0.4, -0.2) is 39.1 Å². The van der Waals surface area contributed by atoms with Crippen molar-refractivity contribution < 1.29 is 0 Å². The maximum Gasteiger partial charge on any atom is 0.178 e. The third-order valence-electron chi connectivity index (χ3n) is 4.26. The molecule has 5 heteroatoms. The number of nitrogens with one attached hydrogen (secondary N) is 1. The van der Waals surface area contributed by atoms with Crippen LogP contribution >= 0.6 is 12.2 Å². The van der Waals surface area contributed by atoms with E-state index in [4.69, 9.17) is 12.2 Å². The number of aromatic nitrogens is 3. The standard InChI is InChI=1S/C16H20N4S/c1-16(2,19(3)4)10-20-14-11-7-5-6-8-12(11)17-9-13(14)18-15(20)21/h5-9H,10H2,1-4H3,(H,18,21). The highest BCUT2D eigenvalue weighted by atomic mass is 32.1. The summed E-state index contributed by atoms with van der Waals surface area (Å²) in [6.07, 6.45) is 1.87. The predicted molar refractivity (Wildman–Crippen MR) is 90.2 cm³/mol. The fourth-order valence-electron chi connectivity index (χ4n) is 2.47. The van der Waals surface area contributed by atoms with Gasteiger partial charge in [-0.15, -0.1) is 0 Å². The second-order valence-electron chi connectivity index (χ2n) is 6.26. The minimum atomic E-state index is 0.0116. The Hall–Kier alpha value is -1.72. The van der Waals surface area contributed by atoms with Crippen molar-refractivity contribution in [3.63, 3.8) is 0 Å². The average molecular weight is 300 g/mol. The summed E-state index contributed by atoms with van der Waals surface area (Å²) < 4.78 is 2.94. The van der Waals surface area contributed by atoms with Gasteiger partial charge >= 0.3 is 0 Å². The third-order valence-corrected chi connectivity index (χ3v) is 4.58. The number of hydrogen-bond acceptors (Lipinski definition) is 3. The highest BCUT2D eigenvalue weighted by Gasteiger charge is 2.23. The molecule has 0 aliphatic carbocycles. The first-order chi connectivity index (χ1) is 9.90. The smallest absolute Gasteiger partial charge is 0.178 e. The quantitative estimate of drug-likeness (QED) is 0.751. The molecule has 0 saturated carbocycles. The Bertz CT molecular complexity index is 857. The third kappa shape index (κ3) is 2.36. The van der Waals surface area contributed by atoms with Crippen LogP contribution in [0.2, 0.25) is 0 Å². The molecule has 0 saturated heterocycles. The van der Waals surface area contributed by atoms with Crippen LogP contribution in [0.25, 0.3) is 21.9 Å². The molecule has 0 amide bonds. The van der Waals surface area contributed by atoms with Gasteiger partial charge in [-0.2, -0.15) is 0 Å². The van der Waals surface area contributed by atoms with Crippen LogP contribution in [0.5, 0.6) is 0 Å². The topological polar surface area (TPSA) is 36.9 Å². The molecule has 1 aromatic carbocycles. The van der Waals surface area contributed by atoms with Crippen molar-refractivity contribution in [2.24, 2.45) is 0 Å². The number of fused-ring (bicyclic) bond motifs is 3. The Kier molecular flexibility index (Phi) is 3.34. The number of imidazole rings is 1. The van der Waals surface area contributed by atoms with Crippen molar-refractivity contribution in [3.05, 3.63) is 35.2 Å². The van der Waals surface area contributed by atoms with Gasteiger partial charge in [-0.25, -0.2) is 0 Å². The normalized spacial score (nSPS) is 12.6. The Labute approximate surface area is 129 Å². The molecular weight excluding hydrogens is 280 g/mol. The van der Waals surface area contributed by atoms with Crippen LogP contribution in [0.15, 0.2) is 30.5 Å². The lowest BCUT2D eigenvalue weighted by Crippen LogP contribution is -2.42. The van der Waals surface area contributed by atoms with Crippen LogP contribution in [0.3, 0.4) is 0 Å². The molecule has 1 N–H and O–H groups in total. The van der Waals surface area contributed by atoms with Crippen LogP contribution < -0.4 is 0 Å². The van der Waals surface area contributed by atoms with E-state index in [1.807, 2.05) is 24.4 Å². The first-order valence-electron chi connectivity index (χ1n) is 7.04. The van der Waals surface area contributed by atoms with Gasteiger partial charge in [0.2, 0.25) is 0 Å². The minimum absolute atomic E-state index is 0.0116. The Morgan fingerprint density at radius 2 is 2.00 bits per heavy atom. The maximum atomic E-state index is 5.53. The summed E-state index contributed by atoms with van der Waals surface area (Å²) in [5, 5.41) is 1.14. The van der Waals surface area contributed by atoms with Crippen molar-refractivity contribution in [1.29, 1.82) is 0 Å². The Balaban J connectivity index is 2.29. The van der Waals surface area contributed by atoms with Crippen LogP contribution in [0.4, 0.5) is 0 Å². The summed E-state index contributed by atoms with van der Waals surface area (Å²) in [6, 6.07) is 8.19. The van der Waals surface area contributed by atoms with E-state index >= 15 is 0 Å². The zero-order chi connectivity index (χ0) is 15.2. The van der Waals surface area contributed by atoms with Crippen LogP contribution in [0.1, 0.15) is 13.8 Å². The second kappa shape index (κ2) is 4.93. The number of hydrogen-bond donors (Lipinski definition) is 1. The predicted octanol–water partition coefficient (Wildman–Crippen LogP) is 3.59. The number of para-hydroxylation sites is 1. The van der Waals surface area contributed by atoms with Gasteiger partial charge in [0.25, 0.3) is 0 Å². The molecule has 0 unspecified atom stereocenters. The van der Waals surface area contributed by atoms with Crippen molar-refractivity contribution in [2.45, 2.75) is 25.9 Å². The molecule has 0 aliphatic rings. The van der Waals surface area contributed by atoms with Crippen LogP contribution in [-0.2, 0) is 6.54 Å². The molecule has 4 nitrogen and oxygen atoms in total. The largest absolute Gasteiger partial charge is 0.329 e. The highest BCUT2D eigenvalue weighted by molar-refractivity contribution is 7.71. The van der Waals surface area contributed by atoms with Crippen LogP contribution in [0, 0.1) is 4.77 Å². The molecule has 0 spiro atoms. The monoisotopic (exact) mass is 300 g/mol. The fourth-order valence-corrected chi connectivity index (χ4v) is 2.74. The number of pyridine rings is 1. The van der Waals surface area contributed by atoms with Gasteiger partial charge in [0.15, 0.2) is 4.77 Å². The van der Waals surface area contributed by atoms with E-state index in [0.29, 0.717) is 0 Å². The van der Waals surface area contributed by atoms with Crippen molar-refractivity contribution in [1.82, 2.24) is 19.4 Å². The van der Waals surface area contributed by atoms with Gasteiger partial charge in [0.05, 0.1) is 22.7 Å². The lowest BCUT2D eigenvalue weighted by Gasteiger charge is -2.33. The summed E-state index contributed by atoms with van der Waals surface area (Å²) in [5.41, 5.74) is 3.14. The summed E-state index contributed by atoms with van der Waals surface area (Å²) in [4.78, 5) is 9.99. The molecule has 3 aromatic rings. The molecule has 3 rings (SSSR count). The highest BCUT2D eigenvalue weighted by Crippen LogP contribution is 2.25. The lowest BCUT2D eigenvalue weighted by molar-refractivity contribution is 0.171. The van der Waals surface area contributed by atoms with Gasteiger partial charge < -0.3 is 14.5 Å². The first kappa shape index (κ1) is 14.2. The lowest BCUT2D eigenvalue weighted by atomic mass is 10.0. The zero-order valence-corrected chi connectivity index (χ0v) is 13.7. The van der Waals surface area contributed by atoms with E-state index < -0.39 is 0 Å². The Morgan fingerprint density at radius 3 is 2.71 bits per heavy atom. The number of likely N-dealkylation sites (N-methyl/N-ethyl adjacent to an activating group) is 1. The Morgan fingerprint density at radius 1 is 1.29 bits per heavy atom. The van der Waals surface area contributed by atoms with Gasteiger partial charge in [0, 0.05) is 17.5 Å². The van der Waals surface area contributed by atoms with Crippen molar-refractivity contribution in [3.8, 4) is 0 Å². The van der Waals surface area contributed by atoms with E-state index in [9.17, 15) is 0 Å². The molecule has 110 valence electrons. The summed E-state index contributed by atoms with van der Waals surface area (Å²) in [5.74, 6) is 0. The van der Waals surface area contributed by atoms with E-state index in [2.05, 4.69) is 53.4 Å². The second-order valence-corrected chi connectivity index (χ2v) is 6.65. The van der Waals surface area contributed by atoms with Gasteiger partial charge in [-0.1, -0.05) is 18.2 Å². The van der Waals surface area contributed by atoms with Gasteiger partial charge in [-0.05, 0) is 46.2 Å². The molecule has 0 atom stereocenters. The molecule has 2 heterocycles. The van der Waals surface area contributed by atoms with Crippen molar-refractivity contribution >= 4 is 34.2 Å². The minimum Gasteiger partial charge on any atom is -0.329 e. The van der Waals surface area contributed by atoms with E-state index in [1.54, 1.807) is 0 Å².